The first-order chi connectivity index (χ1) is 9.03. The molecule has 0 fully saturated rings. The molecule has 0 unspecified atom stereocenters. The van der Waals surface area contributed by atoms with Gasteiger partial charge in [-0.1, -0.05) is 25.3 Å². The van der Waals surface area contributed by atoms with Crippen LogP contribution < -0.4 is 5.32 Å². The summed E-state index contributed by atoms with van der Waals surface area (Å²) in [6, 6.07) is 4.18. The molecule has 0 aromatic carbocycles. The second-order valence-electron chi connectivity index (χ2n) is 5.22. The Hall–Kier alpha value is -0.980. The third-order valence-electron chi connectivity index (χ3n) is 2.25. The summed E-state index contributed by atoms with van der Waals surface area (Å²) in [4.78, 5) is 4.40. The fourth-order valence-electron chi connectivity index (χ4n) is 1.53. The van der Waals surface area contributed by atoms with E-state index in [-0.39, 0.29) is 4.75 Å². The molecular weight excluding hydrogens is 276 g/mol. The monoisotopic (exact) mass is 294 g/mol. The molecule has 0 aliphatic carbocycles. The standard InChI is InChI=1S/C13H18N4S2/c1-13(2,3)19-12-6-10(4-5-15-12)7-14-8-11-9-18-17-16-11/h4-6,9,14H,7-8H2,1-3H3. The second kappa shape index (κ2) is 6.45. The van der Waals surface area contributed by atoms with E-state index >= 15 is 0 Å². The van der Waals surface area contributed by atoms with Gasteiger partial charge in [0, 0.05) is 29.4 Å². The van der Waals surface area contributed by atoms with Gasteiger partial charge < -0.3 is 5.32 Å². The Balaban J connectivity index is 1.88. The van der Waals surface area contributed by atoms with E-state index in [1.807, 2.05) is 17.6 Å². The van der Waals surface area contributed by atoms with Crippen LogP contribution in [0.3, 0.4) is 0 Å². The lowest BCUT2D eigenvalue weighted by molar-refractivity contribution is 0.675. The number of nitrogens with zero attached hydrogens (tertiary/aromatic N) is 3. The summed E-state index contributed by atoms with van der Waals surface area (Å²) in [5.41, 5.74) is 2.23. The Morgan fingerprint density at radius 2 is 2.16 bits per heavy atom. The van der Waals surface area contributed by atoms with Crippen LogP contribution in [0.1, 0.15) is 32.0 Å². The van der Waals surface area contributed by atoms with Gasteiger partial charge in [-0.25, -0.2) is 4.98 Å². The molecule has 0 bridgehead atoms. The highest BCUT2D eigenvalue weighted by Gasteiger charge is 2.13. The van der Waals surface area contributed by atoms with Gasteiger partial charge >= 0.3 is 0 Å². The van der Waals surface area contributed by atoms with Crippen LogP contribution in [-0.2, 0) is 13.1 Å². The first kappa shape index (κ1) is 14.4. The topological polar surface area (TPSA) is 50.7 Å². The highest BCUT2D eigenvalue weighted by Crippen LogP contribution is 2.30. The largest absolute Gasteiger partial charge is 0.307 e. The highest BCUT2D eigenvalue weighted by atomic mass is 32.2. The van der Waals surface area contributed by atoms with Gasteiger partial charge in [-0.15, -0.1) is 16.9 Å². The zero-order valence-electron chi connectivity index (χ0n) is 11.4. The van der Waals surface area contributed by atoms with Crippen molar-refractivity contribution in [1.82, 2.24) is 19.9 Å². The van der Waals surface area contributed by atoms with Crippen molar-refractivity contribution < 1.29 is 0 Å². The molecule has 0 amide bonds. The lowest BCUT2D eigenvalue weighted by atomic mass is 10.2. The van der Waals surface area contributed by atoms with Crippen LogP contribution in [0.25, 0.3) is 0 Å². The van der Waals surface area contributed by atoms with Crippen LogP contribution in [0.5, 0.6) is 0 Å². The van der Waals surface area contributed by atoms with E-state index in [2.05, 4.69) is 46.7 Å². The van der Waals surface area contributed by atoms with E-state index < -0.39 is 0 Å². The van der Waals surface area contributed by atoms with Gasteiger partial charge in [-0.05, 0) is 29.2 Å². The predicted octanol–water partition coefficient (Wildman–Crippen LogP) is 3.11. The molecular formula is C13H18N4S2. The number of nitrogens with one attached hydrogen (secondary N) is 1. The van der Waals surface area contributed by atoms with Crippen LogP contribution >= 0.6 is 23.3 Å². The van der Waals surface area contributed by atoms with E-state index in [1.54, 1.807) is 11.8 Å². The van der Waals surface area contributed by atoms with Crippen LogP contribution in [-0.4, -0.2) is 19.3 Å². The van der Waals surface area contributed by atoms with E-state index in [0.29, 0.717) is 0 Å². The first-order valence-electron chi connectivity index (χ1n) is 6.13. The first-order valence-corrected chi connectivity index (χ1v) is 7.79. The Labute approximate surface area is 122 Å². The molecule has 0 aliphatic heterocycles. The van der Waals surface area contributed by atoms with Gasteiger partial charge in [0.15, 0.2) is 0 Å². The molecule has 1 N–H and O–H groups in total. The molecule has 0 saturated heterocycles. The molecule has 2 heterocycles. The molecule has 0 atom stereocenters. The van der Waals surface area contributed by atoms with Crippen molar-refractivity contribution >= 4 is 23.3 Å². The van der Waals surface area contributed by atoms with Crippen LogP contribution in [0.15, 0.2) is 28.7 Å². The minimum atomic E-state index is 0.186. The maximum absolute atomic E-state index is 4.40. The van der Waals surface area contributed by atoms with E-state index in [4.69, 9.17) is 0 Å². The fourth-order valence-corrected chi connectivity index (χ4v) is 2.93. The van der Waals surface area contributed by atoms with Crippen molar-refractivity contribution in [1.29, 1.82) is 0 Å². The maximum atomic E-state index is 4.40. The minimum Gasteiger partial charge on any atom is -0.307 e. The number of aromatic nitrogens is 3. The quantitative estimate of drug-likeness (QED) is 0.859. The van der Waals surface area contributed by atoms with Gasteiger partial charge in [0.05, 0.1) is 10.7 Å². The lowest BCUT2D eigenvalue weighted by Crippen LogP contribution is -2.13. The lowest BCUT2D eigenvalue weighted by Gasteiger charge is -2.17. The summed E-state index contributed by atoms with van der Waals surface area (Å²) in [7, 11) is 0. The highest BCUT2D eigenvalue weighted by molar-refractivity contribution is 8.00. The Morgan fingerprint density at radius 1 is 1.32 bits per heavy atom. The number of pyridine rings is 1. The van der Waals surface area contributed by atoms with Crippen molar-refractivity contribution in [2.75, 3.05) is 0 Å². The van der Waals surface area contributed by atoms with E-state index in [9.17, 15) is 0 Å². The number of thioether (sulfide) groups is 1. The molecule has 0 spiro atoms. The number of rotatable bonds is 5. The minimum absolute atomic E-state index is 0.186. The zero-order valence-corrected chi connectivity index (χ0v) is 13.0. The summed E-state index contributed by atoms with van der Waals surface area (Å²) in [6.07, 6.45) is 1.87. The fraction of sp³-hybridized carbons (Fsp3) is 0.462. The normalized spacial score (nSPS) is 11.7. The van der Waals surface area contributed by atoms with Gasteiger partial charge in [-0.3, -0.25) is 0 Å². The molecule has 102 valence electrons. The molecule has 2 aromatic rings. The molecule has 6 heteroatoms. The van der Waals surface area contributed by atoms with Crippen LogP contribution in [0.4, 0.5) is 0 Å². The van der Waals surface area contributed by atoms with Gasteiger partial charge in [0.25, 0.3) is 0 Å². The Bertz CT molecular complexity index is 506. The summed E-state index contributed by atoms with van der Waals surface area (Å²) in [5.74, 6) is 0. The smallest absolute Gasteiger partial charge is 0.0968 e. The molecule has 2 rings (SSSR count). The van der Waals surface area contributed by atoms with Crippen molar-refractivity contribution in [3.8, 4) is 0 Å². The third kappa shape index (κ3) is 5.26. The van der Waals surface area contributed by atoms with Crippen molar-refractivity contribution in [2.24, 2.45) is 0 Å². The second-order valence-corrected chi connectivity index (χ2v) is 7.67. The van der Waals surface area contributed by atoms with E-state index in [0.717, 1.165) is 23.8 Å². The Morgan fingerprint density at radius 3 is 2.84 bits per heavy atom. The maximum Gasteiger partial charge on any atom is 0.0968 e. The SMILES string of the molecule is CC(C)(C)Sc1cc(CNCc2csnn2)ccn1. The van der Waals surface area contributed by atoms with Crippen molar-refractivity contribution in [3.05, 3.63) is 35.0 Å². The predicted molar refractivity (Wildman–Crippen MR) is 80.3 cm³/mol. The summed E-state index contributed by atoms with van der Waals surface area (Å²) < 4.78 is 4.03. The van der Waals surface area contributed by atoms with Crippen molar-refractivity contribution in [3.63, 3.8) is 0 Å². The Kier molecular flexibility index (Phi) is 4.90. The van der Waals surface area contributed by atoms with Crippen LogP contribution in [0, 0.1) is 0 Å². The van der Waals surface area contributed by atoms with Crippen molar-refractivity contribution in [2.45, 2.75) is 43.6 Å². The van der Waals surface area contributed by atoms with Gasteiger partial charge in [-0.2, -0.15) is 0 Å². The van der Waals surface area contributed by atoms with Gasteiger partial charge in [0.1, 0.15) is 0 Å². The van der Waals surface area contributed by atoms with Gasteiger partial charge in [0.2, 0.25) is 0 Å². The number of hydrogen-bond donors (Lipinski definition) is 1. The molecule has 19 heavy (non-hydrogen) atoms. The number of hydrogen-bond acceptors (Lipinski definition) is 6. The molecule has 0 saturated carbocycles. The summed E-state index contributed by atoms with van der Waals surface area (Å²) in [5, 5.41) is 10.4. The van der Waals surface area contributed by atoms with E-state index in [1.165, 1.54) is 17.1 Å². The molecule has 0 aliphatic rings. The molecule has 4 nitrogen and oxygen atoms in total. The van der Waals surface area contributed by atoms with Crippen LogP contribution in [0.2, 0.25) is 0 Å². The summed E-state index contributed by atoms with van der Waals surface area (Å²) in [6.45, 7) is 8.15. The molecule has 0 radical (unpaired) electrons. The average Bonchev–Trinajstić information content (AvgIpc) is 2.80. The summed E-state index contributed by atoms with van der Waals surface area (Å²) >= 11 is 3.17. The third-order valence-corrected chi connectivity index (χ3v) is 3.85. The molecule has 2 aromatic heterocycles. The average molecular weight is 294 g/mol. The zero-order chi connectivity index (χ0) is 13.7.